The summed E-state index contributed by atoms with van der Waals surface area (Å²) in [6.07, 6.45) is 2.62. The van der Waals surface area contributed by atoms with Crippen LogP contribution in [0.1, 0.15) is 6.42 Å². The van der Waals surface area contributed by atoms with E-state index in [4.69, 9.17) is 25.1 Å². The van der Waals surface area contributed by atoms with Gasteiger partial charge in [0.15, 0.2) is 0 Å². The molecule has 0 saturated heterocycles. The SMILES string of the molecule is O=P(O)(O)OP(=O)(O)O.[N-]=[N+]=C1CC=CSN1. The van der Waals surface area contributed by atoms with E-state index in [2.05, 4.69) is 13.8 Å². The molecule has 0 unspecified atom stereocenters. The minimum atomic E-state index is -5.05. The second kappa shape index (κ2) is 7.07. The van der Waals surface area contributed by atoms with E-state index in [9.17, 15) is 9.13 Å². The van der Waals surface area contributed by atoms with E-state index in [1.165, 1.54) is 11.9 Å². The van der Waals surface area contributed by atoms with Crippen molar-refractivity contribution in [2.24, 2.45) is 0 Å². The highest BCUT2D eigenvalue weighted by atomic mass is 32.2. The molecule has 13 heteroatoms. The Kier molecular flexibility index (Phi) is 6.88. The lowest BCUT2D eigenvalue weighted by molar-refractivity contribution is -0.0104. The summed E-state index contributed by atoms with van der Waals surface area (Å²) in [6, 6.07) is 0. The second-order valence-electron chi connectivity index (χ2n) is 2.41. The van der Waals surface area contributed by atoms with Crippen LogP contribution in [0.4, 0.5) is 0 Å². The monoisotopic (exact) mass is 305 g/mol. The number of phosphoric acid groups is 2. The smallest absolute Gasteiger partial charge is 0.478 e. The first-order chi connectivity index (χ1) is 7.64. The van der Waals surface area contributed by atoms with Crippen molar-refractivity contribution in [2.45, 2.75) is 6.42 Å². The summed E-state index contributed by atoms with van der Waals surface area (Å²) in [7, 11) is -10.1. The predicted molar refractivity (Wildman–Crippen MR) is 58.3 cm³/mol. The summed E-state index contributed by atoms with van der Waals surface area (Å²) >= 11 is 1.41. The van der Waals surface area contributed by atoms with E-state index in [1.807, 2.05) is 11.5 Å². The third-order valence-electron chi connectivity index (χ3n) is 0.986. The third kappa shape index (κ3) is 11.8. The van der Waals surface area contributed by atoms with Crippen LogP contribution in [0.3, 0.4) is 0 Å². The lowest BCUT2D eigenvalue weighted by Gasteiger charge is -2.03. The van der Waals surface area contributed by atoms with Crippen molar-refractivity contribution in [3.8, 4) is 0 Å². The van der Waals surface area contributed by atoms with Crippen LogP contribution in [0.15, 0.2) is 11.5 Å². The molecule has 17 heavy (non-hydrogen) atoms. The molecule has 0 aliphatic carbocycles. The largest absolute Gasteiger partial charge is 0.497 e. The van der Waals surface area contributed by atoms with Crippen LogP contribution >= 0.6 is 27.6 Å². The summed E-state index contributed by atoms with van der Waals surface area (Å²) in [5, 5.41) is 1.91. The molecule has 0 aromatic carbocycles. The molecule has 0 atom stereocenters. The van der Waals surface area contributed by atoms with Crippen molar-refractivity contribution in [3.63, 3.8) is 0 Å². The number of hydrogen-bond donors (Lipinski definition) is 5. The van der Waals surface area contributed by atoms with Crippen LogP contribution in [0.5, 0.6) is 0 Å². The highest BCUT2D eigenvalue weighted by Gasteiger charge is 2.27. The van der Waals surface area contributed by atoms with Crippen LogP contribution in [-0.4, -0.2) is 30.2 Å². The van der Waals surface area contributed by atoms with Crippen molar-refractivity contribution in [2.75, 3.05) is 0 Å². The Balaban J connectivity index is 0.000000302. The Morgan fingerprint density at radius 2 is 1.88 bits per heavy atom. The average molecular weight is 305 g/mol. The zero-order valence-corrected chi connectivity index (χ0v) is 10.7. The van der Waals surface area contributed by atoms with Gasteiger partial charge in [0.2, 0.25) is 0 Å². The van der Waals surface area contributed by atoms with Crippen molar-refractivity contribution in [1.82, 2.24) is 4.72 Å². The lowest BCUT2D eigenvalue weighted by Crippen LogP contribution is -2.17. The van der Waals surface area contributed by atoms with Crippen molar-refractivity contribution >= 4 is 33.4 Å². The van der Waals surface area contributed by atoms with E-state index >= 15 is 0 Å². The molecule has 1 rings (SSSR count). The fraction of sp³-hybridized carbons (Fsp3) is 0.250. The normalized spacial score (nSPS) is 15.4. The topological polar surface area (TPSA) is 173 Å². The van der Waals surface area contributed by atoms with Gasteiger partial charge in [0.25, 0.3) is 0 Å². The molecule has 1 heterocycles. The molecule has 1 aliphatic rings. The van der Waals surface area contributed by atoms with Crippen molar-refractivity contribution in [3.05, 3.63) is 17.0 Å². The van der Waals surface area contributed by atoms with Crippen LogP contribution in [0.2, 0.25) is 0 Å². The fourth-order valence-corrected chi connectivity index (χ4v) is 2.18. The molecule has 0 bridgehead atoms. The van der Waals surface area contributed by atoms with Gasteiger partial charge in [-0.25, -0.2) is 9.13 Å². The van der Waals surface area contributed by atoms with Crippen molar-refractivity contribution < 1.29 is 37.8 Å². The summed E-state index contributed by atoms with van der Waals surface area (Å²) < 4.78 is 25.0. The van der Waals surface area contributed by atoms with Crippen LogP contribution in [-0.2, 0) is 13.4 Å². The first-order valence-corrected chi connectivity index (χ1v) is 7.68. The summed E-state index contributed by atoms with van der Waals surface area (Å²) in [5.41, 5.74) is 8.17. The van der Waals surface area contributed by atoms with Gasteiger partial charge in [-0.15, -0.1) is 0 Å². The standard InChI is InChI=1S/C4H5N3S.H4O7P2/c5-6-4-2-1-3-8-7-4;1-8(2,3)7-9(4,5)6/h1,3,7H,2H2;(H2,1,2,3)(H2,4,5,6). The molecule has 0 spiro atoms. The molecule has 0 fully saturated rings. The predicted octanol–water partition coefficient (Wildman–Crippen LogP) is -0.0417. The average Bonchev–Trinajstić information content (AvgIpc) is 2.14. The van der Waals surface area contributed by atoms with Gasteiger partial charge < -0.3 is 29.9 Å². The molecule has 10 nitrogen and oxygen atoms in total. The first kappa shape index (κ1) is 16.5. The van der Waals surface area contributed by atoms with Crippen LogP contribution in [0.25, 0.3) is 5.53 Å². The second-order valence-corrected chi connectivity index (χ2v) is 5.73. The third-order valence-corrected chi connectivity index (χ3v) is 3.37. The van der Waals surface area contributed by atoms with Gasteiger partial charge in [-0.1, -0.05) is 6.08 Å². The number of amidine groups is 1. The maximum atomic E-state index is 9.63. The molecule has 0 saturated carbocycles. The van der Waals surface area contributed by atoms with Gasteiger partial charge >= 0.3 is 21.5 Å². The van der Waals surface area contributed by atoms with E-state index < -0.39 is 15.6 Å². The number of nitrogens with zero attached hydrogens (tertiary/aromatic N) is 2. The number of rotatable bonds is 2. The van der Waals surface area contributed by atoms with Gasteiger partial charge in [0, 0.05) is 5.41 Å². The Hall–Kier alpha value is -0.470. The Morgan fingerprint density at radius 3 is 2.06 bits per heavy atom. The maximum absolute atomic E-state index is 9.63. The van der Waals surface area contributed by atoms with Gasteiger partial charge in [-0.3, -0.25) is 0 Å². The van der Waals surface area contributed by atoms with Gasteiger partial charge in [-0.05, 0) is 0 Å². The van der Waals surface area contributed by atoms with Gasteiger partial charge in [0.05, 0.1) is 18.4 Å². The van der Waals surface area contributed by atoms with Crippen LogP contribution < -0.4 is 4.72 Å². The zero-order chi connectivity index (χ0) is 13.5. The molecule has 98 valence electrons. The summed E-state index contributed by atoms with van der Waals surface area (Å²) in [6.45, 7) is 0. The van der Waals surface area contributed by atoms with Crippen molar-refractivity contribution in [1.29, 1.82) is 0 Å². The summed E-state index contributed by atoms with van der Waals surface area (Å²) in [4.78, 5) is 34.0. The molecule has 1 aliphatic heterocycles. The minimum absolute atomic E-state index is 0.609. The molecular weight excluding hydrogens is 296 g/mol. The zero-order valence-electron chi connectivity index (χ0n) is 8.07. The number of hydrogen-bond acceptors (Lipinski definition) is 4. The molecule has 0 aromatic rings. The maximum Gasteiger partial charge on any atom is 0.478 e. The quantitative estimate of drug-likeness (QED) is 0.203. The van der Waals surface area contributed by atoms with E-state index in [-0.39, 0.29) is 0 Å². The van der Waals surface area contributed by atoms with E-state index in [0.717, 1.165) is 0 Å². The first-order valence-electron chi connectivity index (χ1n) is 3.74. The molecule has 5 N–H and O–H groups in total. The fourth-order valence-electron chi connectivity index (χ4n) is 0.551. The number of nitrogens with one attached hydrogen (secondary N) is 1. The van der Waals surface area contributed by atoms with Gasteiger partial charge in [-0.2, -0.15) is 9.03 Å². The molecular formula is C4H9N3O7P2S. The van der Waals surface area contributed by atoms with E-state index in [0.29, 0.717) is 12.3 Å². The molecule has 0 radical (unpaired) electrons. The van der Waals surface area contributed by atoms with Crippen LogP contribution in [0, 0.1) is 0 Å². The molecule has 0 aromatic heterocycles. The minimum Gasteiger partial charge on any atom is -0.497 e. The highest BCUT2D eigenvalue weighted by molar-refractivity contribution is 8.00. The molecule has 0 amide bonds. The lowest BCUT2D eigenvalue weighted by atomic mass is 10.4. The van der Waals surface area contributed by atoms with E-state index in [1.54, 1.807) is 0 Å². The van der Waals surface area contributed by atoms with Gasteiger partial charge in [0.1, 0.15) is 0 Å². The Labute approximate surface area is 99.9 Å². The summed E-state index contributed by atoms with van der Waals surface area (Å²) in [5.74, 6) is 0.609. The Morgan fingerprint density at radius 1 is 1.35 bits per heavy atom. The highest BCUT2D eigenvalue weighted by Crippen LogP contribution is 2.53. The Bertz CT molecular complexity index is 401.